The summed E-state index contributed by atoms with van der Waals surface area (Å²) >= 11 is 0. The van der Waals surface area contributed by atoms with Crippen LogP contribution in [-0.4, -0.2) is 11.6 Å². The van der Waals surface area contributed by atoms with E-state index in [1.165, 1.54) is 12.1 Å². The maximum Gasteiger partial charge on any atom is 0.185 e. The first-order valence-corrected chi connectivity index (χ1v) is 8.74. The van der Waals surface area contributed by atoms with Gasteiger partial charge in [0.2, 0.25) is 0 Å². The molecule has 0 aromatic heterocycles. The topological polar surface area (TPSA) is 81.7 Å². The van der Waals surface area contributed by atoms with Gasteiger partial charge in [-0.3, -0.25) is 9.59 Å². The minimum atomic E-state index is -1.02. The van der Waals surface area contributed by atoms with E-state index in [2.05, 4.69) is 0 Å². The molecule has 28 heavy (non-hydrogen) atoms. The Bertz CT molecular complexity index is 988. The molecule has 2 atom stereocenters. The van der Waals surface area contributed by atoms with Crippen LogP contribution in [-0.2, 0) is 0 Å². The molecule has 0 aliphatic heterocycles. The molecule has 4 heteroatoms. The molecule has 0 aliphatic rings. The molecule has 4 nitrogen and oxygen atoms in total. The van der Waals surface area contributed by atoms with Crippen LogP contribution in [0.15, 0.2) is 84.9 Å². The highest BCUT2D eigenvalue weighted by Gasteiger charge is 2.29. The second kappa shape index (κ2) is 8.58. The Hall–Kier alpha value is -4.02. The monoisotopic (exact) mass is 364 g/mol. The molecule has 0 N–H and O–H groups in total. The van der Waals surface area contributed by atoms with Gasteiger partial charge in [-0.25, -0.2) is 0 Å². The quantitative estimate of drug-likeness (QED) is 0.595. The maximum absolute atomic E-state index is 13.1. The van der Waals surface area contributed by atoms with E-state index in [0.29, 0.717) is 11.1 Å². The van der Waals surface area contributed by atoms with Crippen LogP contribution in [0, 0.1) is 22.7 Å². The van der Waals surface area contributed by atoms with Gasteiger partial charge in [0.05, 0.1) is 12.1 Å². The molecular weight excluding hydrogens is 348 g/mol. The smallest absolute Gasteiger partial charge is 0.185 e. The van der Waals surface area contributed by atoms with Crippen molar-refractivity contribution >= 4 is 11.6 Å². The Morgan fingerprint density at radius 3 is 1.21 bits per heavy atom. The molecule has 3 aromatic rings. The zero-order valence-electron chi connectivity index (χ0n) is 14.9. The van der Waals surface area contributed by atoms with Gasteiger partial charge in [-0.2, -0.15) is 10.5 Å². The van der Waals surface area contributed by atoms with Crippen LogP contribution in [0.3, 0.4) is 0 Å². The van der Waals surface area contributed by atoms with E-state index in [-0.39, 0.29) is 11.1 Å². The SMILES string of the molecule is N#CC(C(=O)c1ccccc1C(=O)C(C#N)c1ccccc1)c1ccccc1. The van der Waals surface area contributed by atoms with Crippen molar-refractivity contribution in [3.05, 3.63) is 107 Å². The van der Waals surface area contributed by atoms with Gasteiger partial charge in [-0.15, -0.1) is 0 Å². The number of Topliss-reactive ketones (excluding diaryl/α,β-unsaturated/α-hetero) is 2. The molecule has 2 unspecified atom stereocenters. The molecule has 134 valence electrons. The average Bonchev–Trinajstić information content (AvgIpc) is 2.76. The summed E-state index contributed by atoms with van der Waals surface area (Å²) in [5, 5.41) is 19.1. The molecule has 0 fully saturated rings. The molecule has 0 heterocycles. The second-order valence-corrected chi connectivity index (χ2v) is 6.22. The molecule has 0 saturated carbocycles. The number of rotatable bonds is 6. The zero-order chi connectivity index (χ0) is 19.9. The van der Waals surface area contributed by atoms with Gasteiger partial charge < -0.3 is 0 Å². The van der Waals surface area contributed by atoms with Crippen molar-refractivity contribution in [2.75, 3.05) is 0 Å². The predicted molar refractivity (Wildman–Crippen MR) is 105 cm³/mol. The highest BCUT2D eigenvalue weighted by molar-refractivity contribution is 6.14. The number of benzene rings is 3. The van der Waals surface area contributed by atoms with Crippen molar-refractivity contribution in [1.82, 2.24) is 0 Å². The summed E-state index contributed by atoms with van der Waals surface area (Å²) in [5.74, 6) is -2.95. The first-order chi connectivity index (χ1) is 13.7. The highest BCUT2D eigenvalue weighted by atomic mass is 16.1. The first-order valence-electron chi connectivity index (χ1n) is 8.74. The third-order valence-corrected chi connectivity index (χ3v) is 4.51. The lowest BCUT2D eigenvalue weighted by molar-refractivity contribution is 0.0945. The number of nitrogens with zero attached hydrogens (tertiary/aromatic N) is 2. The first kappa shape index (κ1) is 18.8. The molecule has 0 spiro atoms. The highest BCUT2D eigenvalue weighted by Crippen LogP contribution is 2.26. The molecule has 0 bridgehead atoms. The third kappa shape index (κ3) is 3.72. The Kier molecular flexibility index (Phi) is 5.75. The molecule has 3 aromatic carbocycles. The van der Waals surface area contributed by atoms with Crippen molar-refractivity contribution in [2.45, 2.75) is 11.8 Å². The summed E-state index contributed by atoms with van der Waals surface area (Å²) in [7, 11) is 0. The molecule has 3 rings (SSSR count). The van der Waals surface area contributed by atoms with Crippen LogP contribution in [0.2, 0.25) is 0 Å². The van der Waals surface area contributed by atoms with Gasteiger partial charge in [0.25, 0.3) is 0 Å². The Balaban J connectivity index is 2.02. The van der Waals surface area contributed by atoms with E-state index < -0.39 is 23.4 Å². The van der Waals surface area contributed by atoms with Crippen molar-refractivity contribution in [3.8, 4) is 12.1 Å². The van der Waals surface area contributed by atoms with E-state index in [0.717, 1.165) is 0 Å². The van der Waals surface area contributed by atoms with E-state index >= 15 is 0 Å². The number of ketones is 2. The van der Waals surface area contributed by atoms with Crippen LogP contribution >= 0.6 is 0 Å². The van der Waals surface area contributed by atoms with Crippen LogP contribution in [0.4, 0.5) is 0 Å². The Morgan fingerprint density at radius 1 is 0.571 bits per heavy atom. The average molecular weight is 364 g/mol. The van der Waals surface area contributed by atoms with Crippen molar-refractivity contribution in [2.24, 2.45) is 0 Å². The minimum absolute atomic E-state index is 0.152. The van der Waals surface area contributed by atoms with E-state index in [1.54, 1.807) is 72.8 Å². The van der Waals surface area contributed by atoms with Crippen LogP contribution in [0.5, 0.6) is 0 Å². The Labute approximate surface area is 163 Å². The van der Waals surface area contributed by atoms with Gasteiger partial charge in [0, 0.05) is 11.1 Å². The lowest BCUT2D eigenvalue weighted by atomic mass is 9.85. The van der Waals surface area contributed by atoms with Crippen molar-refractivity contribution < 1.29 is 9.59 Å². The summed E-state index contributed by atoms with van der Waals surface area (Å²) < 4.78 is 0. The standard InChI is InChI=1S/C24H16N2O2/c25-15-21(17-9-3-1-4-10-17)23(27)19-13-7-8-14-20(19)24(28)22(16-26)18-11-5-2-6-12-18/h1-14,21-22H. The fourth-order valence-corrected chi connectivity index (χ4v) is 3.08. The fourth-order valence-electron chi connectivity index (χ4n) is 3.08. The van der Waals surface area contributed by atoms with Gasteiger partial charge in [-0.05, 0) is 11.1 Å². The number of hydrogen-bond donors (Lipinski definition) is 0. The fraction of sp³-hybridized carbons (Fsp3) is 0.0833. The molecule has 0 amide bonds. The summed E-state index contributed by atoms with van der Waals surface area (Å²) in [5.41, 5.74) is 1.44. The molecule has 0 radical (unpaired) electrons. The van der Waals surface area contributed by atoms with Crippen LogP contribution in [0.25, 0.3) is 0 Å². The number of hydrogen-bond acceptors (Lipinski definition) is 4. The molecule has 0 aliphatic carbocycles. The summed E-state index contributed by atoms with van der Waals surface area (Å²) in [6, 6.07) is 27.9. The van der Waals surface area contributed by atoms with E-state index in [1.807, 2.05) is 12.1 Å². The lowest BCUT2D eigenvalue weighted by Gasteiger charge is -2.14. The maximum atomic E-state index is 13.1. The normalized spacial score (nSPS) is 12.2. The summed E-state index contributed by atoms with van der Waals surface area (Å²) in [6.45, 7) is 0. The van der Waals surface area contributed by atoms with Crippen molar-refractivity contribution in [3.63, 3.8) is 0 Å². The number of nitriles is 2. The Morgan fingerprint density at radius 2 is 0.893 bits per heavy atom. The summed E-state index contributed by atoms with van der Waals surface area (Å²) in [6.07, 6.45) is 0. The van der Waals surface area contributed by atoms with E-state index in [4.69, 9.17) is 0 Å². The van der Waals surface area contributed by atoms with Gasteiger partial charge in [0.1, 0.15) is 11.8 Å². The summed E-state index contributed by atoms with van der Waals surface area (Å²) in [4.78, 5) is 26.2. The molecule has 0 saturated heterocycles. The largest absolute Gasteiger partial charge is 0.292 e. The van der Waals surface area contributed by atoms with Crippen LogP contribution < -0.4 is 0 Å². The zero-order valence-corrected chi connectivity index (χ0v) is 14.9. The third-order valence-electron chi connectivity index (χ3n) is 4.51. The van der Waals surface area contributed by atoms with Gasteiger partial charge >= 0.3 is 0 Å². The van der Waals surface area contributed by atoms with Crippen LogP contribution in [0.1, 0.15) is 43.7 Å². The number of carbonyl (C=O) groups excluding carboxylic acids is 2. The van der Waals surface area contributed by atoms with Gasteiger partial charge in [-0.1, -0.05) is 84.9 Å². The lowest BCUT2D eigenvalue weighted by Crippen LogP contribution is -2.19. The van der Waals surface area contributed by atoms with Gasteiger partial charge in [0.15, 0.2) is 11.6 Å². The number of carbonyl (C=O) groups is 2. The minimum Gasteiger partial charge on any atom is -0.292 e. The predicted octanol–water partition coefficient (Wildman–Crippen LogP) is 4.67. The van der Waals surface area contributed by atoms with E-state index in [9.17, 15) is 20.1 Å². The second-order valence-electron chi connectivity index (χ2n) is 6.22. The molecular formula is C24H16N2O2. The van der Waals surface area contributed by atoms with Crippen molar-refractivity contribution in [1.29, 1.82) is 10.5 Å².